The topological polar surface area (TPSA) is 38.1 Å². The lowest BCUT2D eigenvalue weighted by Gasteiger charge is -2.26. The van der Waals surface area contributed by atoms with E-state index >= 15 is 0 Å². The fourth-order valence-electron chi connectivity index (χ4n) is 2.65. The largest absolute Gasteiger partial charge is 0.329 e. The van der Waals surface area contributed by atoms with Crippen LogP contribution in [0.25, 0.3) is 0 Å². The summed E-state index contributed by atoms with van der Waals surface area (Å²) in [5.74, 6) is 0.837. The lowest BCUT2D eigenvalue weighted by Crippen LogP contribution is -2.36. The van der Waals surface area contributed by atoms with Crippen molar-refractivity contribution in [1.82, 2.24) is 14.5 Å². The Kier molecular flexibility index (Phi) is 6.01. The zero-order chi connectivity index (χ0) is 18.7. The van der Waals surface area contributed by atoms with Gasteiger partial charge in [0.05, 0.1) is 18.0 Å². The summed E-state index contributed by atoms with van der Waals surface area (Å²) in [6.45, 7) is 5.03. The van der Waals surface area contributed by atoms with Crippen molar-refractivity contribution in [2.45, 2.75) is 33.0 Å². The molecule has 0 atom stereocenters. The Balaban J connectivity index is 1.81. The second-order valence-electron chi connectivity index (χ2n) is 6.21. The molecule has 0 spiro atoms. The van der Waals surface area contributed by atoms with Crippen molar-refractivity contribution < 1.29 is 4.79 Å². The number of hydrogen-bond donors (Lipinski definition) is 0. The standard InChI is InChI=1S/C19H19Cl2N3OS/c1-13(2)24(19(25)17-4-3-9-26-17)12-18-22-7-8-23(18)11-14-5-6-15(20)10-16(14)21/h3-10,13H,11-12H2,1-2H3. The van der Waals surface area contributed by atoms with Gasteiger partial charge in [-0.2, -0.15) is 0 Å². The maximum atomic E-state index is 12.8. The fourth-order valence-corrected chi connectivity index (χ4v) is 3.80. The van der Waals surface area contributed by atoms with E-state index in [2.05, 4.69) is 4.98 Å². The third-order valence-corrected chi connectivity index (χ3v) is 5.53. The van der Waals surface area contributed by atoms with E-state index in [0.717, 1.165) is 16.3 Å². The molecule has 1 amide bonds. The van der Waals surface area contributed by atoms with Crippen molar-refractivity contribution >= 4 is 40.4 Å². The van der Waals surface area contributed by atoms with Crippen LogP contribution in [0.15, 0.2) is 48.1 Å². The van der Waals surface area contributed by atoms with E-state index in [1.165, 1.54) is 11.3 Å². The molecule has 0 saturated heterocycles. The number of imidazole rings is 1. The normalized spacial score (nSPS) is 11.1. The molecule has 2 heterocycles. The third kappa shape index (κ3) is 4.29. The van der Waals surface area contributed by atoms with Gasteiger partial charge in [0.2, 0.25) is 0 Å². The van der Waals surface area contributed by atoms with Crippen LogP contribution in [0.3, 0.4) is 0 Å². The molecular weight excluding hydrogens is 389 g/mol. The quantitative estimate of drug-likeness (QED) is 0.552. The number of amides is 1. The molecule has 0 N–H and O–H groups in total. The maximum absolute atomic E-state index is 12.8. The number of hydrogen-bond acceptors (Lipinski definition) is 3. The van der Waals surface area contributed by atoms with Crippen LogP contribution in [-0.2, 0) is 13.1 Å². The first kappa shape index (κ1) is 19.0. The summed E-state index contributed by atoms with van der Waals surface area (Å²) in [6, 6.07) is 9.26. The maximum Gasteiger partial charge on any atom is 0.264 e. The van der Waals surface area contributed by atoms with Crippen molar-refractivity contribution in [3.8, 4) is 0 Å². The number of carbonyl (C=O) groups excluding carboxylic acids is 1. The molecule has 26 heavy (non-hydrogen) atoms. The van der Waals surface area contributed by atoms with Gasteiger partial charge in [-0.15, -0.1) is 11.3 Å². The Morgan fingerprint density at radius 2 is 2.12 bits per heavy atom. The Hall–Kier alpha value is -1.82. The van der Waals surface area contributed by atoms with Crippen molar-refractivity contribution in [2.24, 2.45) is 0 Å². The van der Waals surface area contributed by atoms with E-state index in [4.69, 9.17) is 23.2 Å². The molecule has 0 fully saturated rings. The zero-order valence-corrected chi connectivity index (χ0v) is 16.9. The SMILES string of the molecule is CC(C)N(Cc1nccn1Cc1ccc(Cl)cc1Cl)C(=O)c1cccs1. The van der Waals surface area contributed by atoms with Crippen molar-refractivity contribution in [1.29, 1.82) is 0 Å². The number of nitrogens with zero attached hydrogens (tertiary/aromatic N) is 3. The smallest absolute Gasteiger partial charge is 0.264 e. The van der Waals surface area contributed by atoms with E-state index in [0.29, 0.717) is 23.1 Å². The van der Waals surface area contributed by atoms with E-state index in [-0.39, 0.29) is 11.9 Å². The van der Waals surface area contributed by atoms with E-state index < -0.39 is 0 Å². The van der Waals surface area contributed by atoms with Gasteiger partial charge in [-0.25, -0.2) is 4.98 Å². The average Bonchev–Trinajstić information content (AvgIpc) is 3.26. The van der Waals surface area contributed by atoms with Gasteiger partial charge in [0, 0.05) is 28.5 Å². The highest BCUT2D eigenvalue weighted by Crippen LogP contribution is 2.23. The Bertz CT molecular complexity index is 890. The molecule has 0 bridgehead atoms. The molecule has 2 aromatic heterocycles. The predicted octanol–water partition coefficient (Wildman–Crippen LogP) is 5.35. The number of rotatable bonds is 6. The van der Waals surface area contributed by atoms with Crippen molar-refractivity contribution in [3.63, 3.8) is 0 Å². The lowest BCUT2D eigenvalue weighted by atomic mass is 10.2. The Labute approximate surface area is 167 Å². The Morgan fingerprint density at radius 1 is 1.31 bits per heavy atom. The molecule has 4 nitrogen and oxygen atoms in total. The summed E-state index contributed by atoms with van der Waals surface area (Å²) in [4.78, 5) is 19.8. The van der Waals surface area contributed by atoms with Gasteiger partial charge in [-0.1, -0.05) is 35.3 Å². The number of benzene rings is 1. The highest BCUT2D eigenvalue weighted by molar-refractivity contribution is 7.12. The molecular formula is C19H19Cl2N3OS. The van der Waals surface area contributed by atoms with Gasteiger partial charge in [0.25, 0.3) is 5.91 Å². The van der Waals surface area contributed by atoms with Gasteiger partial charge in [0.1, 0.15) is 5.82 Å². The minimum atomic E-state index is 0.0223. The van der Waals surface area contributed by atoms with Gasteiger partial charge in [-0.3, -0.25) is 4.79 Å². The van der Waals surface area contributed by atoms with Gasteiger partial charge in [-0.05, 0) is 43.0 Å². The molecule has 0 aliphatic rings. The highest BCUT2D eigenvalue weighted by Gasteiger charge is 2.21. The van der Waals surface area contributed by atoms with Gasteiger partial charge >= 0.3 is 0 Å². The van der Waals surface area contributed by atoms with E-state index in [9.17, 15) is 4.79 Å². The molecule has 3 rings (SSSR count). The lowest BCUT2D eigenvalue weighted by molar-refractivity contribution is 0.0688. The first-order valence-electron chi connectivity index (χ1n) is 8.24. The van der Waals surface area contributed by atoms with E-state index in [1.54, 1.807) is 12.3 Å². The van der Waals surface area contributed by atoms with Crippen LogP contribution in [0.2, 0.25) is 10.0 Å². The van der Waals surface area contributed by atoms with Crippen LogP contribution in [0, 0.1) is 0 Å². The summed E-state index contributed by atoms with van der Waals surface area (Å²) in [7, 11) is 0. The van der Waals surface area contributed by atoms with Crippen LogP contribution in [-0.4, -0.2) is 26.4 Å². The number of aromatic nitrogens is 2. The van der Waals surface area contributed by atoms with Gasteiger partial charge in [0.15, 0.2) is 0 Å². The highest BCUT2D eigenvalue weighted by atomic mass is 35.5. The zero-order valence-electron chi connectivity index (χ0n) is 14.5. The fraction of sp³-hybridized carbons (Fsp3) is 0.263. The molecule has 7 heteroatoms. The summed E-state index contributed by atoms with van der Waals surface area (Å²) in [5, 5.41) is 3.14. The second kappa shape index (κ2) is 8.25. The molecule has 136 valence electrons. The second-order valence-corrected chi connectivity index (χ2v) is 8.00. The van der Waals surface area contributed by atoms with E-state index in [1.807, 2.05) is 59.2 Å². The molecule has 0 radical (unpaired) electrons. The van der Waals surface area contributed by atoms with Crippen LogP contribution in [0.1, 0.15) is 34.9 Å². The predicted molar refractivity (Wildman–Crippen MR) is 107 cm³/mol. The third-order valence-electron chi connectivity index (χ3n) is 4.09. The van der Waals surface area contributed by atoms with Crippen molar-refractivity contribution in [3.05, 3.63) is 74.4 Å². The molecule has 0 aliphatic carbocycles. The average molecular weight is 408 g/mol. The van der Waals surface area contributed by atoms with Crippen molar-refractivity contribution in [2.75, 3.05) is 0 Å². The minimum Gasteiger partial charge on any atom is -0.329 e. The van der Waals surface area contributed by atoms with Crippen LogP contribution in [0.5, 0.6) is 0 Å². The summed E-state index contributed by atoms with van der Waals surface area (Å²) >= 11 is 13.7. The number of thiophene rings is 1. The molecule has 1 aromatic carbocycles. The number of carbonyl (C=O) groups is 1. The van der Waals surface area contributed by atoms with Crippen LogP contribution in [0.4, 0.5) is 0 Å². The molecule has 0 unspecified atom stereocenters. The van der Waals surface area contributed by atoms with Gasteiger partial charge < -0.3 is 9.47 Å². The molecule has 0 aliphatic heterocycles. The summed E-state index contributed by atoms with van der Waals surface area (Å²) < 4.78 is 2.01. The number of halogens is 2. The van der Waals surface area contributed by atoms with Crippen LogP contribution < -0.4 is 0 Å². The first-order chi connectivity index (χ1) is 12.5. The monoisotopic (exact) mass is 407 g/mol. The molecule has 0 saturated carbocycles. The first-order valence-corrected chi connectivity index (χ1v) is 9.87. The minimum absolute atomic E-state index is 0.0223. The summed E-state index contributed by atoms with van der Waals surface area (Å²) in [6.07, 6.45) is 3.64. The van der Waals surface area contributed by atoms with Crippen LogP contribution >= 0.6 is 34.5 Å². The Morgan fingerprint density at radius 3 is 2.77 bits per heavy atom. The summed E-state index contributed by atoms with van der Waals surface area (Å²) in [5.41, 5.74) is 0.955. The molecule has 3 aromatic rings.